The van der Waals surface area contributed by atoms with Crippen molar-refractivity contribution in [2.24, 2.45) is 0 Å². The second-order valence-electron chi connectivity index (χ2n) is 4.51. The Labute approximate surface area is 105 Å². The Morgan fingerprint density at radius 1 is 1.06 bits per heavy atom. The van der Waals surface area contributed by atoms with Crippen LogP contribution in [0.1, 0.15) is 50.6 Å². The molecule has 0 spiro atoms. The van der Waals surface area contributed by atoms with E-state index in [1.54, 1.807) is 0 Å². The number of benzene rings is 1. The number of unbranched alkanes of at least 4 members (excludes halogenated alkanes) is 4. The summed E-state index contributed by atoms with van der Waals surface area (Å²) >= 11 is 0. The second-order valence-corrected chi connectivity index (χ2v) is 4.51. The molecule has 2 heteroatoms. The Bertz CT molecular complexity index is 274. The first kappa shape index (κ1) is 14.2. The molecular formula is C15H25NO. The molecule has 0 aliphatic heterocycles. The summed E-state index contributed by atoms with van der Waals surface area (Å²) in [6.07, 6.45) is 6.43. The molecule has 0 saturated carbocycles. The highest BCUT2D eigenvalue weighted by atomic mass is 16.3. The normalized spacial score (nSPS) is 12.6. The molecule has 0 heterocycles. The van der Waals surface area contributed by atoms with Crippen molar-refractivity contribution in [1.82, 2.24) is 5.32 Å². The molecule has 1 rings (SSSR count). The van der Waals surface area contributed by atoms with Crippen LogP contribution in [0.15, 0.2) is 30.3 Å². The third-order valence-corrected chi connectivity index (χ3v) is 3.06. The summed E-state index contributed by atoms with van der Waals surface area (Å²) in [6, 6.07) is 10.2. The monoisotopic (exact) mass is 235 g/mol. The Morgan fingerprint density at radius 2 is 1.76 bits per heavy atom. The lowest BCUT2D eigenvalue weighted by molar-refractivity contribution is 0.244. The molecule has 0 radical (unpaired) electrons. The van der Waals surface area contributed by atoms with Crippen molar-refractivity contribution < 1.29 is 5.11 Å². The molecule has 0 fully saturated rings. The number of aliphatic hydroxyl groups excluding tert-OH is 1. The molecule has 1 aromatic carbocycles. The lowest BCUT2D eigenvalue weighted by Gasteiger charge is -2.16. The Hall–Kier alpha value is -0.860. The topological polar surface area (TPSA) is 32.3 Å². The van der Waals surface area contributed by atoms with Gasteiger partial charge in [-0.1, -0.05) is 62.9 Å². The highest BCUT2D eigenvalue weighted by Gasteiger charge is 2.07. The van der Waals surface area contributed by atoms with Crippen molar-refractivity contribution in [3.05, 3.63) is 35.9 Å². The van der Waals surface area contributed by atoms with Gasteiger partial charge in [-0.25, -0.2) is 0 Å². The lowest BCUT2D eigenvalue weighted by Crippen LogP contribution is -2.25. The lowest BCUT2D eigenvalue weighted by atomic mass is 10.1. The largest absolute Gasteiger partial charge is 0.394 e. The molecular weight excluding hydrogens is 210 g/mol. The quantitative estimate of drug-likeness (QED) is 0.644. The number of hydrogen-bond acceptors (Lipinski definition) is 2. The molecule has 2 nitrogen and oxygen atoms in total. The summed E-state index contributed by atoms with van der Waals surface area (Å²) in [6.45, 7) is 3.39. The van der Waals surface area contributed by atoms with Gasteiger partial charge in [0, 0.05) is 0 Å². The molecule has 0 aliphatic carbocycles. The highest BCUT2D eigenvalue weighted by Crippen LogP contribution is 2.11. The minimum atomic E-state index is 0.0855. The van der Waals surface area contributed by atoms with Gasteiger partial charge in [-0.15, -0.1) is 0 Å². The zero-order chi connectivity index (χ0) is 12.3. The summed E-state index contributed by atoms with van der Waals surface area (Å²) in [4.78, 5) is 0. The molecule has 0 unspecified atom stereocenters. The molecule has 0 bridgehead atoms. The van der Waals surface area contributed by atoms with Crippen LogP contribution in [-0.2, 0) is 0 Å². The van der Waals surface area contributed by atoms with Crippen LogP contribution in [0.4, 0.5) is 0 Å². The number of hydrogen-bond donors (Lipinski definition) is 2. The minimum absolute atomic E-state index is 0.0855. The third kappa shape index (κ3) is 5.85. The molecule has 1 atom stereocenters. The van der Waals surface area contributed by atoms with Gasteiger partial charge in [-0.2, -0.15) is 0 Å². The van der Waals surface area contributed by atoms with Gasteiger partial charge in [0.15, 0.2) is 0 Å². The zero-order valence-electron chi connectivity index (χ0n) is 10.9. The Morgan fingerprint density at radius 3 is 2.41 bits per heavy atom. The summed E-state index contributed by atoms with van der Waals surface area (Å²) in [5.41, 5.74) is 1.17. The molecule has 1 aromatic rings. The van der Waals surface area contributed by atoms with E-state index in [4.69, 9.17) is 0 Å². The van der Waals surface area contributed by atoms with E-state index >= 15 is 0 Å². The predicted octanol–water partition coefficient (Wildman–Crippen LogP) is 3.28. The maximum Gasteiger partial charge on any atom is 0.0626 e. The van der Waals surface area contributed by atoms with E-state index in [-0.39, 0.29) is 12.6 Å². The van der Waals surface area contributed by atoms with E-state index in [9.17, 15) is 5.11 Å². The van der Waals surface area contributed by atoms with E-state index in [2.05, 4.69) is 24.4 Å². The number of nitrogens with one attached hydrogen (secondary N) is 1. The molecule has 0 amide bonds. The van der Waals surface area contributed by atoms with Crippen LogP contribution >= 0.6 is 0 Å². The summed E-state index contributed by atoms with van der Waals surface area (Å²) in [7, 11) is 0. The average molecular weight is 235 g/mol. The Kier molecular flexibility index (Phi) is 7.69. The fourth-order valence-corrected chi connectivity index (χ4v) is 1.98. The van der Waals surface area contributed by atoms with E-state index < -0.39 is 0 Å². The second kappa shape index (κ2) is 9.20. The summed E-state index contributed by atoms with van der Waals surface area (Å²) < 4.78 is 0. The molecule has 0 aliphatic rings. The van der Waals surface area contributed by atoms with Gasteiger partial charge in [0.25, 0.3) is 0 Å². The first-order valence-corrected chi connectivity index (χ1v) is 6.77. The van der Waals surface area contributed by atoms with Gasteiger partial charge in [0.2, 0.25) is 0 Å². The highest BCUT2D eigenvalue weighted by molar-refractivity contribution is 5.18. The first-order valence-electron chi connectivity index (χ1n) is 6.77. The maximum atomic E-state index is 9.36. The van der Waals surface area contributed by atoms with Crippen LogP contribution in [0.3, 0.4) is 0 Å². The number of rotatable bonds is 9. The van der Waals surface area contributed by atoms with E-state index in [0.717, 1.165) is 6.54 Å². The zero-order valence-corrected chi connectivity index (χ0v) is 10.9. The molecule has 0 saturated heterocycles. The fraction of sp³-hybridized carbons (Fsp3) is 0.600. The van der Waals surface area contributed by atoms with Gasteiger partial charge in [-0.05, 0) is 18.5 Å². The van der Waals surface area contributed by atoms with Crippen molar-refractivity contribution in [1.29, 1.82) is 0 Å². The van der Waals surface area contributed by atoms with Gasteiger partial charge in [-0.3, -0.25) is 0 Å². The smallest absolute Gasteiger partial charge is 0.0626 e. The van der Waals surface area contributed by atoms with Gasteiger partial charge < -0.3 is 10.4 Å². The van der Waals surface area contributed by atoms with Crippen molar-refractivity contribution >= 4 is 0 Å². The standard InChI is InChI=1S/C15H25NO/c1-2-3-4-5-9-12-16-15(13-17)14-10-7-6-8-11-14/h6-8,10-11,15-17H,2-5,9,12-13H2,1H3/t15-/m0/s1. The van der Waals surface area contributed by atoms with Gasteiger partial charge in [0.1, 0.15) is 0 Å². The van der Waals surface area contributed by atoms with E-state index in [0.29, 0.717) is 0 Å². The van der Waals surface area contributed by atoms with Crippen molar-refractivity contribution in [3.8, 4) is 0 Å². The first-order chi connectivity index (χ1) is 8.38. The van der Waals surface area contributed by atoms with Crippen LogP contribution in [0.25, 0.3) is 0 Å². The molecule has 0 aromatic heterocycles. The molecule has 17 heavy (non-hydrogen) atoms. The van der Waals surface area contributed by atoms with E-state index in [1.807, 2.05) is 18.2 Å². The predicted molar refractivity (Wildman–Crippen MR) is 73.0 cm³/mol. The minimum Gasteiger partial charge on any atom is -0.394 e. The van der Waals surface area contributed by atoms with Crippen molar-refractivity contribution in [2.75, 3.05) is 13.2 Å². The molecule has 96 valence electrons. The summed E-state index contributed by atoms with van der Waals surface area (Å²) in [5.74, 6) is 0. The third-order valence-electron chi connectivity index (χ3n) is 3.06. The van der Waals surface area contributed by atoms with Crippen molar-refractivity contribution in [3.63, 3.8) is 0 Å². The van der Waals surface area contributed by atoms with Gasteiger partial charge >= 0.3 is 0 Å². The summed E-state index contributed by atoms with van der Waals surface area (Å²) in [5, 5.41) is 12.8. The number of aliphatic hydroxyl groups is 1. The maximum absolute atomic E-state index is 9.36. The van der Waals surface area contributed by atoms with Crippen molar-refractivity contribution in [2.45, 2.75) is 45.1 Å². The van der Waals surface area contributed by atoms with Crippen LogP contribution in [0, 0.1) is 0 Å². The van der Waals surface area contributed by atoms with Crippen LogP contribution in [0.2, 0.25) is 0 Å². The fourth-order valence-electron chi connectivity index (χ4n) is 1.98. The van der Waals surface area contributed by atoms with Crippen LogP contribution in [-0.4, -0.2) is 18.3 Å². The van der Waals surface area contributed by atoms with Gasteiger partial charge in [0.05, 0.1) is 12.6 Å². The van der Waals surface area contributed by atoms with Crippen LogP contribution in [0.5, 0.6) is 0 Å². The average Bonchev–Trinajstić information content (AvgIpc) is 2.39. The van der Waals surface area contributed by atoms with E-state index in [1.165, 1.54) is 37.7 Å². The SMILES string of the molecule is CCCCCCCN[C@@H](CO)c1ccccc1. The van der Waals surface area contributed by atoms with Crippen LogP contribution < -0.4 is 5.32 Å². The Balaban J connectivity index is 2.20. The molecule has 2 N–H and O–H groups in total.